The van der Waals surface area contributed by atoms with Gasteiger partial charge in [-0.15, -0.1) is 11.3 Å². The molecule has 0 saturated heterocycles. The Morgan fingerprint density at radius 1 is 1.18 bits per heavy atom. The molecule has 7 heteroatoms. The van der Waals surface area contributed by atoms with Crippen LogP contribution >= 0.6 is 11.3 Å². The van der Waals surface area contributed by atoms with Crippen LogP contribution in [0.15, 0.2) is 64.9 Å². The van der Waals surface area contributed by atoms with Crippen LogP contribution in [0.25, 0.3) is 10.4 Å². The van der Waals surface area contributed by atoms with E-state index in [1.165, 1.54) is 12.1 Å². The molecule has 4 rings (SSSR count). The number of nitrogens with zero attached hydrogens (tertiary/aromatic N) is 1. The summed E-state index contributed by atoms with van der Waals surface area (Å²) in [6.45, 7) is 2.05. The zero-order valence-electron chi connectivity index (χ0n) is 15.0. The quantitative estimate of drug-likeness (QED) is 0.674. The SMILES string of the molecule is C[C@]1(c2ccccc2)C[C@@H]1NS(=O)(=O)c1ccc(-c2ccc(F)c(C#N)c2)s1. The molecule has 1 heterocycles. The molecule has 28 heavy (non-hydrogen) atoms. The van der Waals surface area contributed by atoms with Crippen LogP contribution in [0.4, 0.5) is 4.39 Å². The Kier molecular flexibility index (Phi) is 4.58. The van der Waals surface area contributed by atoms with E-state index in [9.17, 15) is 12.8 Å². The van der Waals surface area contributed by atoms with Crippen molar-refractivity contribution in [2.75, 3.05) is 0 Å². The molecule has 2 atom stereocenters. The molecule has 3 aromatic rings. The Morgan fingerprint density at radius 2 is 1.93 bits per heavy atom. The molecule has 1 saturated carbocycles. The maximum absolute atomic E-state index is 13.5. The van der Waals surface area contributed by atoms with Crippen molar-refractivity contribution in [2.45, 2.75) is 29.0 Å². The molecule has 0 aliphatic heterocycles. The Bertz CT molecular complexity index is 1180. The van der Waals surface area contributed by atoms with Gasteiger partial charge < -0.3 is 0 Å². The first-order chi connectivity index (χ1) is 13.3. The highest BCUT2D eigenvalue weighted by Crippen LogP contribution is 2.48. The maximum atomic E-state index is 13.5. The highest BCUT2D eigenvalue weighted by atomic mass is 32.2. The first kappa shape index (κ1) is 18.8. The summed E-state index contributed by atoms with van der Waals surface area (Å²) < 4.78 is 42.1. The lowest BCUT2D eigenvalue weighted by Gasteiger charge is -2.12. The summed E-state index contributed by atoms with van der Waals surface area (Å²) in [7, 11) is -3.66. The molecular formula is C21H17FN2O2S2. The maximum Gasteiger partial charge on any atom is 0.250 e. The number of sulfonamides is 1. The fraction of sp³-hybridized carbons (Fsp3) is 0.190. The van der Waals surface area contributed by atoms with E-state index >= 15 is 0 Å². The number of thiophene rings is 1. The van der Waals surface area contributed by atoms with Gasteiger partial charge in [-0.05, 0) is 41.8 Å². The van der Waals surface area contributed by atoms with Crippen LogP contribution in [-0.2, 0) is 15.4 Å². The number of nitrogens with one attached hydrogen (secondary N) is 1. The molecule has 2 aromatic carbocycles. The average molecular weight is 413 g/mol. The van der Waals surface area contributed by atoms with Crippen molar-refractivity contribution in [1.82, 2.24) is 4.72 Å². The Hall–Kier alpha value is -2.53. The van der Waals surface area contributed by atoms with Crippen molar-refractivity contribution >= 4 is 21.4 Å². The summed E-state index contributed by atoms with van der Waals surface area (Å²) in [5.74, 6) is -0.591. The summed E-state index contributed by atoms with van der Waals surface area (Å²) in [4.78, 5) is 0.665. The largest absolute Gasteiger partial charge is 0.250 e. The van der Waals surface area contributed by atoms with Crippen molar-refractivity contribution in [3.8, 4) is 16.5 Å². The molecule has 0 spiro atoms. The predicted molar refractivity (Wildman–Crippen MR) is 107 cm³/mol. The van der Waals surface area contributed by atoms with Gasteiger partial charge in [-0.1, -0.05) is 43.3 Å². The van der Waals surface area contributed by atoms with Crippen LogP contribution in [0, 0.1) is 17.1 Å². The topological polar surface area (TPSA) is 70.0 Å². The lowest BCUT2D eigenvalue weighted by Crippen LogP contribution is -2.29. The second kappa shape index (κ2) is 6.82. The molecular weight excluding hydrogens is 395 g/mol. The first-order valence-electron chi connectivity index (χ1n) is 8.71. The molecule has 1 aliphatic rings. The van der Waals surface area contributed by atoms with Crippen LogP contribution in [-0.4, -0.2) is 14.5 Å². The number of halogens is 1. The second-order valence-corrected chi connectivity index (χ2v) is 10.1. The van der Waals surface area contributed by atoms with Crippen LogP contribution in [0.1, 0.15) is 24.5 Å². The fourth-order valence-corrected chi connectivity index (χ4v) is 5.97. The number of nitriles is 1. The van der Waals surface area contributed by atoms with Crippen LogP contribution < -0.4 is 4.72 Å². The first-order valence-corrected chi connectivity index (χ1v) is 11.0. The predicted octanol–water partition coefficient (Wildman–Crippen LogP) is 4.43. The average Bonchev–Trinajstić information content (AvgIpc) is 3.09. The summed E-state index contributed by atoms with van der Waals surface area (Å²) in [6, 6.07) is 18.9. The van der Waals surface area contributed by atoms with E-state index in [0.717, 1.165) is 23.3 Å². The van der Waals surface area contributed by atoms with Gasteiger partial charge in [0.2, 0.25) is 10.0 Å². The highest BCUT2D eigenvalue weighted by molar-refractivity contribution is 7.91. The molecule has 1 fully saturated rings. The van der Waals surface area contributed by atoms with Gasteiger partial charge in [0.25, 0.3) is 0 Å². The van der Waals surface area contributed by atoms with Crippen molar-refractivity contribution in [3.05, 3.63) is 77.6 Å². The van der Waals surface area contributed by atoms with E-state index in [0.29, 0.717) is 10.4 Å². The summed E-state index contributed by atoms with van der Waals surface area (Å²) in [5, 5.41) is 8.98. The fourth-order valence-electron chi connectivity index (χ4n) is 3.30. The monoisotopic (exact) mass is 412 g/mol. The summed E-state index contributed by atoms with van der Waals surface area (Å²) >= 11 is 1.10. The Labute approximate surface area is 167 Å². The smallest absolute Gasteiger partial charge is 0.206 e. The Morgan fingerprint density at radius 3 is 2.64 bits per heavy atom. The third-order valence-corrected chi connectivity index (χ3v) is 8.28. The van der Waals surface area contributed by atoms with Crippen LogP contribution in [0.3, 0.4) is 0 Å². The molecule has 0 amide bonds. The zero-order valence-corrected chi connectivity index (χ0v) is 16.6. The van der Waals surface area contributed by atoms with E-state index in [1.807, 2.05) is 30.3 Å². The van der Waals surface area contributed by atoms with Crippen molar-refractivity contribution < 1.29 is 12.8 Å². The van der Waals surface area contributed by atoms with E-state index in [4.69, 9.17) is 5.26 Å². The third-order valence-electron chi connectivity index (χ3n) is 5.19. The minimum Gasteiger partial charge on any atom is -0.206 e. The normalized spacial score (nSPS) is 21.2. The summed E-state index contributed by atoms with van der Waals surface area (Å²) in [6.07, 6.45) is 0.748. The number of benzene rings is 2. The van der Waals surface area contributed by atoms with Crippen molar-refractivity contribution in [1.29, 1.82) is 5.26 Å². The van der Waals surface area contributed by atoms with E-state index < -0.39 is 15.8 Å². The zero-order chi connectivity index (χ0) is 19.9. The van der Waals surface area contributed by atoms with Gasteiger partial charge >= 0.3 is 0 Å². The molecule has 0 unspecified atom stereocenters. The van der Waals surface area contributed by atoms with E-state index in [2.05, 4.69) is 11.6 Å². The van der Waals surface area contributed by atoms with Crippen molar-refractivity contribution in [3.63, 3.8) is 0 Å². The standard InChI is InChI=1S/C21H17FN2O2S2/c1-21(16-5-3-2-4-6-16)12-19(21)24-28(25,26)20-10-9-18(27-20)14-7-8-17(22)15(11-14)13-23/h2-11,19,24H,12H2,1H3/t19-,21+/m0/s1. The molecule has 142 valence electrons. The van der Waals surface area contributed by atoms with Crippen LogP contribution in [0.2, 0.25) is 0 Å². The molecule has 0 radical (unpaired) electrons. The minimum atomic E-state index is -3.66. The molecule has 1 aromatic heterocycles. The highest BCUT2D eigenvalue weighted by Gasteiger charge is 2.53. The van der Waals surface area contributed by atoms with E-state index in [1.54, 1.807) is 24.3 Å². The van der Waals surface area contributed by atoms with Crippen molar-refractivity contribution in [2.24, 2.45) is 0 Å². The number of rotatable bonds is 5. The molecule has 4 nitrogen and oxygen atoms in total. The second-order valence-electron chi connectivity index (χ2n) is 7.09. The van der Waals surface area contributed by atoms with E-state index in [-0.39, 0.29) is 21.2 Å². The van der Waals surface area contributed by atoms with Gasteiger partial charge in [0.15, 0.2) is 0 Å². The van der Waals surface area contributed by atoms with Gasteiger partial charge in [-0.25, -0.2) is 17.5 Å². The third kappa shape index (κ3) is 3.35. The van der Waals surface area contributed by atoms with Gasteiger partial charge in [0, 0.05) is 16.3 Å². The van der Waals surface area contributed by atoms with Gasteiger partial charge in [0.1, 0.15) is 16.1 Å². The van der Waals surface area contributed by atoms with Gasteiger partial charge in [-0.3, -0.25) is 0 Å². The number of hydrogen-bond donors (Lipinski definition) is 1. The summed E-state index contributed by atoms with van der Waals surface area (Å²) in [5.41, 5.74) is 1.47. The van der Waals surface area contributed by atoms with Crippen LogP contribution in [0.5, 0.6) is 0 Å². The lowest BCUT2D eigenvalue weighted by molar-refractivity contribution is 0.576. The molecule has 1 aliphatic carbocycles. The molecule has 1 N–H and O–H groups in total. The molecule has 0 bridgehead atoms. The Balaban J connectivity index is 1.55. The number of hydrogen-bond acceptors (Lipinski definition) is 4. The minimum absolute atomic E-state index is 0.0648. The van der Waals surface area contributed by atoms with Gasteiger partial charge in [0.05, 0.1) is 5.56 Å². The van der Waals surface area contributed by atoms with Gasteiger partial charge in [-0.2, -0.15) is 5.26 Å². The lowest BCUT2D eigenvalue weighted by atomic mass is 9.98.